The van der Waals surface area contributed by atoms with Gasteiger partial charge in [-0.15, -0.1) is 0 Å². The van der Waals surface area contributed by atoms with E-state index in [1.807, 2.05) is 0 Å². The molecule has 0 amide bonds. The first kappa shape index (κ1) is 28.2. The third-order valence-electron chi connectivity index (χ3n) is 5.77. The fourth-order valence-corrected chi connectivity index (χ4v) is 5.21. The second-order valence-corrected chi connectivity index (χ2v) is 9.64. The molecule has 1 aliphatic heterocycles. The van der Waals surface area contributed by atoms with Crippen LogP contribution in [0.2, 0.25) is 0 Å². The van der Waals surface area contributed by atoms with Gasteiger partial charge in [-0.3, -0.25) is 19.0 Å². The summed E-state index contributed by atoms with van der Waals surface area (Å²) in [7, 11) is 1.45. The summed E-state index contributed by atoms with van der Waals surface area (Å²) >= 11 is 1.16. The monoisotopic (exact) mass is 562 g/mol. The number of carbonyl (C=O) groups is 3. The van der Waals surface area contributed by atoms with E-state index in [4.69, 9.17) is 18.9 Å². The first-order valence-electron chi connectivity index (χ1n) is 12.1. The standard InChI is InChI=1S/C29H26N2O8S/c1-6-13-37-28(35)25-16(2)30-29-31(26(25)20-8-10-21(11-9-20)38-17(3)32)27(34)24(40-29)15-19-7-12-22(39-18(4)33)23(14-19)36-5/h6-12,14-15,26H,1,13H2,2-5H3/b24-15+/t26-/m0/s1. The van der Waals surface area contributed by atoms with Gasteiger partial charge in [0.05, 0.1) is 29.0 Å². The highest BCUT2D eigenvalue weighted by Crippen LogP contribution is 2.32. The van der Waals surface area contributed by atoms with Gasteiger partial charge in [-0.25, -0.2) is 9.79 Å². The predicted molar refractivity (Wildman–Crippen MR) is 147 cm³/mol. The van der Waals surface area contributed by atoms with Gasteiger partial charge in [0.1, 0.15) is 12.4 Å². The molecule has 0 spiro atoms. The molecule has 0 N–H and O–H groups in total. The zero-order chi connectivity index (χ0) is 29.0. The Morgan fingerprint density at radius 1 is 1.05 bits per heavy atom. The number of esters is 3. The summed E-state index contributed by atoms with van der Waals surface area (Å²) in [6, 6.07) is 10.6. The lowest BCUT2D eigenvalue weighted by Crippen LogP contribution is -2.39. The van der Waals surface area contributed by atoms with Crippen molar-refractivity contribution in [1.29, 1.82) is 0 Å². The van der Waals surface area contributed by atoms with Crippen molar-refractivity contribution in [1.82, 2.24) is 4.57 Å². The molecule has 2 heterocycles. The van der Waals surface area contributed by atoms with Crippen LogP contribution >= 0.6 is 11.3 Å². The van der Waals surface area contributed by atoms with E-state index in [0.717, 1.165) is 11.3 Å². The molecule has 10 nitrogen and oxygen atoms in total. The summed E-state index contributed by atoms with van der Waals surface area (Å²) < 4.78 is 22.8. The van der Waals surface area contributed by atoms with Gasteiger partial charge in [-0.05, 0) is 48.4 Å². The van der Waals surface area contributed by atoms with Crippen molar-refractivity contribution in [2.75, 3.05) is 13.7 Å². The van der Waals surface area contributed by atoms with Crippen LogP contribution < -0.4 is 29.1 Å². The Bertz CT molecular complexity index is 1710. The Kier molecular flexibility index (Phi) is 8.44. The number of hydrogen-bond donors (Lipinski definition) is 0. The number of nitrogens with zero attached hydrogens (tertiary/aromatic N) is 2. The van der Waals surface area contributed by atoms with Gasteiger partial charge in [0.15, 0.2) is 16.3 Å². The van der Waals surface area contributed by atoms with Crippen molar-refractivity contribution in [3.05, 3.63) is 97.2 Å². The van der Waals surface area contributed by atoms with Gasteiger partial charge >= 0.3 is 17.9 Å². The largest absolute Gasteiger partial charge is 0.493 e. The van der Waals surface area contributed by atoms with E-state index in [2.05, 4.69) is 11.6 Å². The van der Waals surface area contributed by atoms with Crippen molar-refractivity contribution in [2.45, 2.75) is 26.8 Å². The molecule has 206 valence electrons. The molecule has 0 saturated carbocycles. The van der Waals surface area contributed by atoms with E-state index in [9.17, 15) is 19.2 Å². The van der Waals surface area contributed by atoms with Crippen LogP contribution in [0.5, 0.6) is 17.2 Å². The summed E-state index contributed by atoms with van der Waals surface area (Å²) in [4.78, 5) is 54.6. The highest BCUT2D eigenvalue weighted by atomic mass is 32.1. The van der Waals surface area contributed by atoms with Gasteiger partial charge < -0.3 is 18.9 Å². The maximum Gasteiger partial charge on any atom is 0.338 e. The molecule has 0 aliphatic carbocycles. The van der Waals surface area contributed by atoms with Crippen LogP contribution in [-0.4, -0.2) is 36.2 Å². The van der Waals surface area contributed by atoms with Crippen LogP contribution in [0.3, 0.4) is 0 Å². The Morgan fingerprint density at radius 3 is 2.38 bits per heavy atom. The third-order valence-corrected chi connectivity index (χ3v) is 6.75. The molecule has 1 aromatic heterocycles. The number of thiazole rings is 1. The molecule has 0 radical (unpaired) electrons. The quantitative estimate of drug-likeness (QED) is 0.233. The highest BCUT2D eigenvalue weighted by molar-refractivity contribution is 7.07. The first-order valence-corrected chi connectivity index (χ1v) is 12.9. The summed E-state index contributed by atoms with van der Waals surface area (Å²) in [5.74, 6) is -0.683. The molecule has 0 bridgehead atoms. The maximum atomic E-state index is 13.8. The van der Waals surface area contributed by atoms with E-state index in [1.165, 1.54) is 31.6 Å². The number of carbonyl (C=O) groups excluding carboxylic acids is 3. The number of ether oxygens (including phenoxy) is 4. The SMILES string of the molecule is C=CCOC(=O)C1=C(C)N=c2s/c(=C/c3ccc(OC(C)=O)c(OC)c3)c(=O)n2[C@H]1c1ccc(OC(C)=O)cc1. The summed E-state index contributed by atoms with van der Waals surface area (Å²) in [5, 5.41) is 0. The molecule has 0 unspecified atom stereocenters. The number of rotatable bonds is 8. The predicted octanol–water partition coefficient (Wildman–Crippen LogP) is 2.82. The number of methoxy groups -OCH3 is 1. The maximum absolute atomic E-state index is 13.8. The smallest absolute Gasteiger partial charge is 0.338 e. The van der Waals surface area contributed by atoms with Crippen molar-refractivity contribution in [2.24, 2.45) is 4.99 Å². The average Bonchev–Trinajstić information content (AvgIpc) is 3.21. The van der Waals surface area contributed by atoms with Crippen LogP contribution in [0.1, 0.15) is 37.9 Å². The fourth-order valence-electron chi connectivity index (χ4n) is 4.16. The zero-order valence-electron chi connectivity index (χ0n) is 22.3. The van der Waals surface area contributed by atoms with Crippen LogP contribution in [0, 0.1) is 0 Å². The van der Waals surface area contributed by atoms with Gasteiger partial charge in [0, 0.05) is 13.8 Å². The molecular weight excluding hydrogens is 536 g/mol. The Labute approximate surface area is 233 Å². The molecule has 1 aliphatic rings. The first-order chi connectivity index (χ1) is 19.1. The highest BCUT2D eigenvalue weighted by Gasteiger charge is 2.33. The molecule has 0 saturated heterocycles. The molecule has 11 heteroatoms. The van der Waals surface area contributed by atoms with Crippen LogP contribution in [-0.2, 0) is 19.1 Å². The lowest BCUT2D eigenvalue weighted by Gasteiger charge is -2.24. The molecule has 0 fully saturated rings. The molecule has 2 aromatic carbocycles. The van der Waals surface area contributed by atoms with Crippen LogP contribution in [0.4, 0.5) is 0 Å². The topological polar surface area (TPSA) is 122 Å². The van der Waals surface area contributed by atoms with E-state index in [-0.39, 0.29) is 23.5 Å². The second-order valence-electron chi connectivity index (χ2n) is 8.64. The van der Waals surface area contributed by atoms with Gasteiger partial charge in [-0.1, -0.05) is 42.2 Å². The lowest BCUT2D eigenvalue weighted by molar-refractivity contribution is -0.138. The summed E-state index contributed by atoms with van der Waals surface area (Å²) in [5.41, 5.74) is 1.46. The van der Waals surface area contributed by atoms with Crippen molar-refractivity contribution >= 4 is 35.3 Å². The van der Waals surface area contributed by atoms with E-state index >= 15 is 0 Å². The average molecular weight is 563 g/mol. The summed E-state index contributed by atoms with van der Waals surface area (Å²) in [6.45, 7) is 7.84. The molecule has 3 aromatic rings. The van der Waals surface area contributed by atoms with Crippen molar-refractivity contribution in [3.8, 4) is 17.2 Å². The van der Waals surface area contributed by atoms with Gasteiger partial charge in [0.25, 0.3) is 5.56 Å². The lowest BCUT2D eigenvalue weighted by atomic mass is 9.96. The van der Waals surface area contributed by atoms with E-state index < -0.39 is 23.9 Å². The zero-order valence-corrected chi connectivity index (χ0v) is 23.1. The summed E-state index contributed by atoms with van der Waals surface area (Å²) in [6.07, 6.45) is 3.12. The molecule has 4 rings (SSSR count). The number of fused-ring (bicyclic) bond motifs is 1. The van der Waals surface area contributed by atoms with E-state index in [0.29, 0.717) is 37.7 Å². The minimum Gasteiger partial charge on any atom is -0.493 e. The number of hydrogen-bond acceptors (Lipinski definition) is 10. The minimum absolute atomic E-state index is 0.0106. The third kappa shape index (κ3) is 5.94. The van der Waals surface area contributed by atoms with Crippen molar-refractivity contribution < 1.29 is 33.3 Å². The van der Waals surface area contributed by atoms with Crippen molar-refractivity contribution in [3.63, 3.8) is 0 Å². The Hall–Kier alpha value is -4.77. The van der Waals surface area contributed by atoms with Crippen LogP contribution in [0.25, 0.3) is 6.08 Å². The molecule has 40 heavy (non-hydrogen) atoms. The Balaban J connectivity index is 1.86. The normalized spacial score (nSPS) is 14.6. The van der Waals surface area contributed by atoms with Gasteiger partial charge in [0.2, 0.25) is 0 Å². The second kappa shape index (κ2) is 12.0. The molecular formula is C29H26N2O8S. The van der Waals surface area contributed by atoms with Crippen LogP contribution in [0.15, 0.2) is 76.2 Å². The Morgan fingerprint density at radius 2 is 1.75 bits per heavy atom. The number of benzene rings is 2. The number of allylic oxidation sites excluding steroid dienone is 1. The minimum atomic E-state index is -0.844. The fraction of sp³-hybridized carbons (Fsp3) is 0.207. The van der Waals surface area contributed by atoms with Gasteiger partial charge in [-0.2, -0.15) is 0 Å². The number of aromatic nitrogens is 1. The van der Waals surface area contributed by atoms with E-state index in [1.54, 1.807) is 55.5 Å². The molecule has 1 atom stereocenters.